The van der Waals surface area contributed by atoms with Crippen molar-refractivity contribution >= 4 is 41.7 Å². The van der Waals surface area contributed by atoms with Crippen molar-refractivity contribution in [3.05, 3.63) is 99.1 Å². The average Bonchev–Trinajstić information content (AvgIpc) is 3.08. The van der Waals surface area contributed by atoms with Gasteiger partial charge in [0.25, 0.3) is 5.91 Å². The summed E-state index contributed by atoms with van der Waals surface area (Å²) in [6, 6.07) is 16.2. The number of rotatable bonds is 6. The summed E-state index contributed by atoms with van der Waals surface area (Å²) in [6.45, 7) is 2.07. The van der Waals surface area contributed by atoms with Crippen molar-refractivity contribution in [3.8, 4) is 0 Å². The molecular weight excluding hydrogens is 516 g/mol. The Morgan fingerprint density at radius 3 is 2.29 bits per heavy atom. The molecule has 0 spiro atoms. The van der Waals surface area contributed by atoms with E-state index in [9.17, 15) is 18.0 Å². The van der Waals surface area contributed by atoms with Crippen LogP contribution in [0.15, 0.2) is 65.6 Å². The van der Waals surface area contributed by atoms with Gasteiger partial charge in [0.05, 0.1) is 10.6 Å². The van der Waals surface area contributed by atoms with Crippen LogP contribution in [0.3, 0.4) is 0 Å². The number of hydrogen-bond donors (Lipinski definition) is 2. The van der Waals surface area contributed by atoms with Crippen molar-refractivity contribution in [1.29, 1.82) is 0 Å². The smallest absolute Gasteiger partial charge is 0.348 e. The molecule has 0 saturated carbocycles. The summed E-state index contributed by atoms with van der Waals surface area (Å²) in [7, 11) is 0. The SMILES string of the molecule is Cl.O=C(NCc1ccc(C(F)(F)F)cc1)c1ccc(CSc2c(Cl)ccc3c2CCNCC3)cc1. The number of fused-ring (bicyclic) bond motifs is 1. The van der Waals surface area contributed by atoms with Gasteiger partial charge in [-0.15, -0.1) is 24.2 Å². The van der Waals surface area contributed by atoms with E-state index in [1.807, 2.05) is 18.2 Å². The molecule has 0 unspecified atom stereocenters. The van der Waals surface area contributed by atoms with Crippen molar-refractivity contribution < 1.29 is 18.0 Å². The Morgan fingerprint density at radius 2 is 1.60 bits per heavy atom. The number of carbonyl (C=O) groups is 1. The monoisotopic (exact) mass is 540 g/mol. The fourth-order valence-corrected chi connectivity index (χ4v) is 5.33. The molecule has 1 heterocycles. The van der Waals surface area contributed by atoms with Crippen LogP contribution in [-0.4, -0.2) is 19.0 Å². The zero-order chi connectivity index (χ0) is 24.1. The van der Waals surface area contributed by atoms with Crippen molar-refractivity contribution in [2.24, 2.45) is 0 Å². The largest absolute Gasteiger partial charge is 0.416 e. The molecular formula is C26H25Cl2F3N2OS. The fourth-order valence-electron chi connectivity index (χ4n) is 3.87. The molecule has 4 rings (SSSR count). The first-order valence-electron chi connectivity index (χ1n) is 11.0. The van der Waals surface area contributed by atoms with Crippen molar-refractivity contribution in [1.82, 2.24) is 10.6 Å². The normalized spacial score (nSPS) is 13.4. The minimum absolute atomic E-state index is 0. The van der Waals surface area contributed by atoms with Crippen molar-refractivity contribution in [2.45, 2.75) is 36.2 Å². The maximum absolute atomic E-state index is 12.7. The molecule has 3 nitrogen and oxygen atoms in total. The van der Waals surface area contributed by atoms with Crippen LogP contribution in [0, 0.1) is 0 Å². The molecule has 0 radical (unpaired) electrons. The summed E-state index contributed by atoms with van der Waals surface area (Å²) >= 11 is 8.22. The number of halogens is 5. The molecule has 1 amide bonds. The number of thioether (sulfide) groups is 1. The Labute approximate surface area is 218 Å². The lowest BCUT2D eigenvalue weighted by Crippen LogP contribution is -2.22. The molecule has 0 aliphatic carbocycles. The van der Waals surface area contributed by atoms with E-state index in [1.165, 1.54) is 23.3 Å². The molecule has 0 bridgehead atoms. The van der Waals surface area contributed by atoms with E-state index in [4.69, 9.17) is 11.6 Å². The quantitative estimate of drug-likeness (QED) is 0.342. The van der Waals surface area contributed by atoms with E-state index in [0.717, 1.165) is 59.3 Å². The maximum atomic E-state index is 12.7. The highest BCUT2D eigenvalue weighted by atomic mass is 35.5. The zero-order valence-electron chi connectivity index (χ0n) is 18.8. The molecule has 3 aromatic carbocycles. The van der Waals surface area contributed by atoms with E-state index in [2.05, 4.69) is 16.7 Å². The lowest BCUT2D eigenvalue weighted by molar-refractivity contribution is -0.137. The van der Waals surface area contributed by atoms with Gasteiger partial charge in [-0.05, 0) is 78.5 Å². The number of benzene rings is 3. The van der Waals surface area contributed by atoms with Gasteiger partial charge in [0.15, 0.2) is 0 Å². The summed E-state index contributed by atoms with van der Waals surface area (Å²) in [5, 5.41) is 6.94. The van der Waals surface area contributed by atoms with Crippen LogP contribution in [-0.2, 0) is 31.3 Å². The first-order chi connectivity index (χ1) is 16.3. The molecule has 0 saturated heterocycles. The first-order valence-corrected chi connectivity index (χ1v) is 12.3. The molecule has 0 fully saturated rings. The van der Waals surface area contributed by atoms with Crippen LogP contribution in [0.25, 0.3) is 0 Å². The number of hydrogen-bond acceptors (Lipinski definition) is 3. The predicted octanol–water partition coefficient (Wildman–Crippen LogP) is 6.69. The van der Waals surface area contributed by atoms with Crippen LogP contribution >= 0.6 is 35.8 Å². The standard InChI is InChI=1S/C26H24ClF3N2OS.ClH/c27-23-10-7-19-11-13-31-14-12-22(19)24(23)34-16-18-1-5-20(6-2-18)25(33)32-15-17-3-8-21(9-4-17)26(28,29)30;/h1-10,31H,11-16H2,(H,32,33);1H. The zero-order valence-corrected chi connectivity index (χ0v) is 21.1. The Morgan fingerprint density at radius 1 is 0.943 bits per heavy atom. The number of amides is 1. The van der Waals surface area contributed by atoms with Gasteiger partial charge in [0.1, 0.15) is 0 Å². The second kappa shape index (κ2) is 12.2. The van der Waals surface area contributed by atoms with Gasteiger partial charge < -0.3 is 10.6 Å². The third kappa shape index (κ3) is 7.17. The van der Waals surface area contributed by atoms with Crippen molar-refractivity contribution in [3.63, 3.8) is 0 Å². The minimum atomic E-state index is -4.37. The summed E-state index contributed by atoms with van der Waals surface area (Å²) in [5.41, 5.74) is 4.13. The number of carbonyl (C=O) groups excluding carboxylic acids is 1. The van der Waals surface area contributed by atoms with E-state index in [1.54, 1.807) is 23.9 Å². The number of nitrogens with one attached hydrogen (secondary N) is 2. The molecule has 0 atom stereocenters. The van der Waals surface area contributed by atoms with E-state index in [0.29, 0.717) is 11.1 Å². The first kappa shape index (κ1) is 27.4. The van der Waals surface area contributed by atoms with Crippen molar-refractivity contribution in [2.75, 3.05) is 13.1 Å². The van der Waals surface area contributed by atoms with E-state index >= 15 is 0 Å². The second-order valence-electron chi connectivity index (χ2n) is 8.13. The molecule has 9 heteroatoms. The lowest BCUT2D eigenvalue weighted by Gasteiger charge is -2.14. The van der Waals surface area contributed by atoms with Gasteiger partial charge in [0.2, 0.25) is 0 Å². The van der Waals surface area contributed by atoms with Gasteiger partial charge in [0, 0.05) is 22.8 Å². The van der Waals surface area contributed by atoms with Crippen LogP contribution in [0.2, 0.25) is 5.02 Å². The van der Waals surface area contributed by atoms with Crippen LogP contribution in [0.5, 0.6) is 0 Å². The third-order valence-corrected chi connectivity index (χ3v) is 7.43. The molecule has 186 valence electrons. The highest BCUT2D eigenvalue weighted by molar-refractivity contribution is 7.98. The lowest BCUT2D eigenvalue weighted by atomic mass is 10.0. The molecule has 3 aromatic rings. The van der Waals surface area contributed by atoms with Gasteiger partial charge in [-0.1, -0.05) is 41.9 Å². The Balaban J connectivity index is 0.00000342. The maximum Gasteiger partial charge on any atom is 0.416 e. The molecule has 1 aliphatic heterocycles. The van der Waals surface area contributed by atoms with Crippen LogP contribution in [0.4, 0.5) is 13.2 Å². The highest BCUT2D eigenvalue weighted by Crippen LogP contribution is 2.36. The average molecular weight is 541 g/mol. The highest BCUT2D eigenvalue weighted by Gasteiger charge is 2.29. The predicted molar refractivity (Wildman–Crippen MR) is 138 cm³/mol. The fraction of sp³-hybridized carbons (Fsp3) is 0.269. The topological polar surface area (TPSA) is 41.1 Å². The Kier molecular flexibility index (Phi) is 9.53. The van der Waals surface area contributed by atoms with Gasteiger partial charge in [-0.3, -0.25) is 4.79 Å². The summed E-state index contributed by atoms with van der Waals surface area (Å²) in [4.78, 5) is 13.6. The molecule has 0 aromatic heterocycles. The number of alkyl halides is 3. The molecule has 2 N–H and O–H groups in total. The summed E-state index contributed by atoms with van der Waals surface area (Å²) < 4.78 is 38.0. The van der Waals surface area contributed by atoms with Gasteiger partial charge in [-0.25, -0.2) is 0 Å². The minimum Gasteiger partial charge on any atom is -0.348 e. The van der Waals surface area contributed by atoms with E-state index < -0.39 is 11.7 Å². The van der Waals surface area contributed by atoms with E-state index in [-0.39, 0.29) is 24.9 Å². The molecule has 35 heavy (non-hydrogen) atoms. The van der Waals surface area contributed by atoms with Gasteiger partial charge >= 0.3 is 6.18 Å². The Hall–Kier alpha value is -2.19. The van der Waals surface area contributed by atoms with Crippen LogP contribution in [0.1, 0.15) is 38.2 Å². The molecule has 1 aliphatic rings. The summed E-state index contributed by atoms with van der Waals surface area (Å²) in [5.74, 6) is 0.458. The van der Waals surface area contributed by atoms with Gasteiger partial charge in [-0.2, -0.15) is 13.2 Å². The summed E-state index contributed by atoms with van der Waals surface area (Å²) in [6.07, 6.45) is -2.42. The second-order valence-corrected chi connectivity index (χ2v) is 9.52. The van der Waals surface area contributed by atoms with Crippen LogP contribution < -0.4 is 10.6 Å². The Bertz CT molecular complexity index is 1150. The third-order valence-electron chi connectivity index (χ3n) is 5.77.